The summed E-state index contributed by atoms with van der Waals surface area (Å²) < 4.78 is 42.4. The maximum Gasteiger partial charge on any atom is 0.433 e. The van der Waals surface area contributed by atoms with E-state index in [-0.39, 0.29) is 12.4 Å². The second-order valence-corrected chi connectivity index (χ2v) is 4.29. The summed E-state index contributed by atoms with van der Waals surface area (Å²) in [7, 11) is 0. The van der Waals surface area contributed by atoms with E-state index in [0.717, 1.165) is 12.3 Å². The molecule has 0 amide bonds. The Bertz CT molecular complexity index is 619. The van der Waals surface area contributed by atoms with Gasteiger partial charge >= 0.3 is 6.18 Å². The molecular weight excluding hydrogens is 283 g/mol. The van der Waals surface area contributed by atoms with Gasteiger partial charge in [0.15, 0.2) is 5.78 Å². The third kappa shape index (κ3) is 4.05. The molecule has 0 aliphatic rings. The highest BCUT2D eigenvalue weighted by molar-refractivity contribution is 5.99. The zero-order valence-electron chi connectivity index (χ0n) is 10.9. The molecule has 0 saturated heterocycles. The van der Waals surface area contributed by atoms with Crippen LogP contribution in [0.25, 0.3) is 0 Å². The molecule has 1 aromatic heterocycles. The Hall–Kier alpha value is -2.37. The van der Waals surface area contributed by atoms with Crippen LogP contribution in [0.1, 0.15) is 21.6 Å². The maximum atomic E-state index is 12.3. The van der Waals surface area contributed by atoms with Gasteiger partial charge in [0.1, 0.15) is 18.1 Å². The summed E-state index contributed by atoms with van der Waals surface area (Å²) in [6, 6.07) is 8.53. The van der Waals surface area contributed by atoms with E-state index >= 15 is 0 Å². The minimum atomic E-state index is -4.45. The van der Waals surface area contributed by atoms with Gasteiger partial charge in [-0.25, -0.2) is 0 Å². The SMILES string of the molecule is [CH2]C(=O)c1ccc(OCc2ccc(C(F)(F)F)nc2)cc1. The van der Waals surface area contributed by atoms with Gasteiger partial charge in [0.2, 0.25) is 0 Å². The molecule has 0 saturated carbocycles. The molecule has 6 heteroatoms. The number of pyridine rings is 1. The Morgan fingerprint density at radius 3 is 2.29 bits per heavy atom. The number of ether oxygens (including phenoxy) is 1. The summed E-state index contributed by atoms with van der Waals surface area (Å²) in [6.45, 7) is 3.37. The molecule has 0 N–H and O–H groups in total. The van der Waals surface area contributed by atoms with E-state index in [1.54, 1.807) is 24.3 Å². The summed E-state index contributed by atoms with van der Waals surface area (Å²) in [5.41, 5.74) is 0.0309. The van der Waals surface area contributed by atoms with E-state index in [2.05, 4.69) is 11.9 Å². The molecule has 0 atom stereocenters. The number of nitrogens with zero attached hydrogens (tertiary/aromatic N) is 1. The van der Waals surface area contributed by atoms with Crippen LogP contribution in [0, 0.1) is 6.92 Å². The Labute approximate surface area is 119 Å². The molecule has 0 aliphatic carbocycles. The van der Waals surface area contributed by atoms with Crippen LogP contribution in [0.15, 0.2) is 42.6 Å². The number of aromatic nitrogens is 1. The number of benzene rings is 1. The number of ketones is 1. The van der Waals surface area contributed by atoms with E-state index in [1.807, 2.05) is 0 Å². The van der Waals surface area contributed by atoms with Crippen molar-refractivity contribution >= 4 is 5.78 Å². The summed E-state index contributed by atoms with van der Waals surface area (Å²) in [4.78, 5) is 14.3. The molecule has 0 aliphatic heterocycles. The second kappa shape index (κ2) is 5.95. The lowest BCUT2D eigenvalue weighted by molar-refractivity contribution is -0.141. The first-order valence-electron chi connectivity index (χ1n) is 5.97. The van der Waals surface area contributed by atoms with E-state index in [9.17, 15) is 18.0 Å². The minimum Gasteiger partial charge on any atom is -0.489 e. The van der Waals surface area contributed by atoms with Gasteiger partial charge < -0.3 is 4.74 Å². The van der Waals surface area contributed by atoms with Crippen molar-refractivity contribution in [3.05, 3.63) is 66.3 Å². The Kier molecular flexibility index (Phi) is 4.26. The van der Waals surface area contributed by atoms with Gasteiger partial charge in [-0.15, -0.1) is 0 Å². The number of Topliss-reactive ketones (excluding diaryl/α,β-unsaturated/α-hetero) is 1. The predicted molar refractivity (Wildman–Crippen MR) is 69.7 cm³/mol. The molecule has 3 nitrogen and oxygen atoms in total. The molecule has 0 unspecified atom stereocenters. The first kappa shape index (κ1) is 15.0. The highest BCUT2D eigenvalue weighted by Gasteiger charge is 2.31. The number of alkyl halides is 3. The largest absolute Gasteiger partial charge is 0.489 e. The topological polar surface area (TPSA) is 39.2 Å². The van der Waals surface area contributed by atoms with Gasteiger partial charge in [-0.05, 0) is 30.3 Å². The smallest absolute Gasteiger partial charge is 0.433 e. The van der Waals surface area contributed by atoms with E-state index < -0.39 is 11.9 Å². The predicted octanol–water partition coefficient (Wildman–Crippen LogP) is 3.70. The maximum absolute atomic E-state index is 12.3. The van der Waals surface area contributed by atoms with Crippen LogP contribution < -0.4 is 4.74 Å². The summed E-state index contributed by atoms with van der Waals surface area (Å²) in [5, 5.41) is 0. The fourth-order valence-corrected chi connectivity index (χ4v) is 1.58. The summed E-state index contributed by atoms with van der Waals surface area (Å²) >= 11 is 0. The lowest BCUT2D eigenvalue weighted by Crippen LogP contribution is -2.08. The molecule has 0 spiro atoms. The molecule has 1 radical (unpaired) electrons. The van der Waals surface area contributed by atoms with E-state index in [1.165, 1.54) is 6.07 Å². The van der Waals surface area contributed by atoms with Gasteiger partial charge in [0.25, 0.3) is 0 Å². The van der Waals surface area contributed by atoms with Gasteiger partial charge in [-0.2, -0.15) is 13.2 Å². The molecule has 21 heavy (non-hydrogen) atoms. The standard InChI is InChI=1S/C15H11F3NO2/c1-10(20)12-3-5-13(6-4-12)21-9-11-2-7-14(19-8-11)15(16,17)18/h2-8H,1,9H2. The van der Waals surface area contributed by atoms with Crippen LogP contribution in [-0.4, -0.2) is 10.8 Å². The second-order valence-electron chi connectivity index (χ2n) is 4.29. The van der Waals surface area contributed by atoms with Gasteiger partial charge in [-0.3, -0.25) is 9.78 Å². The monoisotopic (exact) mass is 294 g/mol. The summed E-state index contributed by atoms with van der Waals surface area (Å²) in [6.07, 6.45) is -3.33. The highest BCUT2D eigenvalue weighted by atomic mass is 19.4. The highest BCUT2D eigenvalue weighted by Crippen LogP contribution is 2.27. The van der Waals surface area contributed by atoms with E-state index in [0.29, 0.717) is 16.9 Å². The zero-order valence-corrected chi connectivity index (χ0v) is 10.9. The fraction of sp³-hybridized carbons (Fsp3) is 0.133. The Balaban J connectivity index is 1.98. The third-order valence-corrected chi connectivity index (χ3v) is 2.70. The molecule has 1 heterocycles. The van der Waals surface area contributed by atoms with Crippen LogP contribution in [0.3, 0.4) is 0 Å². The lowest BCUT2D eigenvalue weighted by atomic mass is 10.1. The van der Waals surface area contributed by atoms with Crippen LogP contribution in [-0.2, 0) is 12.8 Å². The molecular formula is C15H11F3NO2. The third-order valence-electron chi connectivity index (χ3n) is 2.70. The fourth-order valence-electron chi connectivity index (χ4n) is 1.58. The number of carbonyl (C=O) groups excluding carboxylic acids is 1. The van der Waals surface area contributed by atoms with Crippen molar-refractivity contribution in [2.75, 3.05) is 0 Å². The van der Waals surface area contributed by atoms with Crippen molar-refractivity contribution in [3.8, 4) is 5.75 Å². The van der Waals surface area contributed by atoms with Crippen molar-refractivity contribution in [2.45, 2.75) is 12.8 Å². The average molecular weight is 294 g/mol. The molecule has 2 rings (SSSR count). The molecule has 1 aromatic carbocycles. The van der Waals surface area contributed by atoms with Crippen LogP contribution in [0.2, 0.25) is 0 Å². The van der Waals surface area contributed by atoms with Crippen LogP contribution in [0.4, 0.5) is 13.2 Å². The first-order valence-corrected chi connectivity index (χ1v) is 5.97. The quantitative estimate of drug-likeness (QED) is 0.807. The van der Waals surface area contributed by atoms with Gasteiger partial charge in [0, 0.05) is 24.2 Å². The first-order chi connectivity index (χ1) is 9.86. The summed E-state index contributed by atoms with van der Waals surface area (Å²) in [5.74, 6) is 0.202. The van der Waals surface area contributed by atoms with Crippen molar-refractivity contribution in [2.24, 2.45) is 0 Å². The number of rotatable bonds is 4. The van der Waals surface area contributed by atoms with Crippen molar-refractivity contribution in [3.63, 3.8) is 0 Å². The molecule has 0 bridgehead atoms. The normalized spacial score (nSPS) is 11.2. The lowest BCUT2D eigenvalue weighted by Gasteiger charge is -2.08. The number of halogens is 3. The number of hydrogen-bond donors (Lipinski definition) is 0. The molecule has 109 valence electrons. The number of carbonyl (C=O) groups is 1. The number of hydrogen-bond acceptors (Lipinski definition) is 3. The van der Waals surface area contributed by atoms with Crippen LogP contribution >= 0.6 is 0 Å². The van der Waals surface area contributed by atoms with Crippen LogP contribution in [0.5, 0.6) is 5.75 Å². The minimum absolute atomic E-state index is 0.0861. The van der Waals surface area contributed by atoms with Crippen molar-refractivity contribution in [1.29, 1.82) is 0 Å². The average Bonchev–Trinajstić information content (AvgIpc) is 2.45. The van der Waals surface area contributed by atoms with Crippen molar-refractivity contribution < 1.29 is 22.7 Å². The Morgan fingerprint density at radius 1 is 1.14 bits per heavy atom. The van der Waals surface area contributed by atoms with Crippen molar-refractivity contribution in [1.82, 2.24) is 4.98 Å². The molecule has 0 fully saturated rings. The van der Waals surface area contributed by atoms with Gasteiger partial charge in [0.05, 0.1) is 0 Å². The van der Waals surface area contributed by atoms with E-state index in [4.69, 9.17) is 4.74 Å². The molecule has 2 aromatic rings. The Morgan fingerprint density at radius 2 is 1.81 bits per heavy atom. The van der Waals surface area contributed by atoms with Gasteiger partial charge in [-0.1, -0.05) is 6.07 Å². The zero-order chi connectivity index (χ0) is 15.5.